The van der Waals surface area contributed by atoms with Gasteiger partial charge in [-0.05, 0) is 5.21 Å². The predicted molar refractivity (Wildman–Crippen MR) is 50.4 cm³/mol. The van der Waals surface area contributed by atoms with Crippen LogP contribution in [0.15, 0.2) is 12.4 Å². The largest absolute Gasteiger partial charge is 0.394 e. The lowest BCUT2D eigenvalue weighted by Gasteiger charge is -2.38. The summed E-state index contributed by atoms with van der Waals surface area (Å²) in [6, 6.07) is 0. The average molecular weight is 247 g/mol. The molecule has 0 amide bonds. The zero-order chi connectivity index (χ0) is 12.4. The number of nitrogens with zero attached hydrogens (tertiary/aromatic N) is 3. The van der Waals surface area contributed by atoms with Crippen LogP contribution in [0.1, 0.15) is 0 Å². The van der Waals surface area contributed by atoms with Crippen molar-refractivity contribution in [2.45, 2.75) is 30.7 Å². The normalized spacial score (nSPS) is 38.0. The summed E-state index contributed by atoms with van der Waals surface area (Å²) in [5, 5.41) is 44.5. The molecule has 96 valence electrons. The number of ether oxygens (including phenoxy) is 1. The lowest BCUT2D eigenvalue weighted by atomic mass is 9.99. The van der Waals surface area contributed by atoms with Crippen LogP contribution in [0.5, 0.6) is 0 Å². The van der Waals surface area contributed by atoms with Crippen LogP contribution in [0.4, 0.5) is 0 Å². The summed E-state index contributed by atoms with van der Waals surface area (Å²) in [5.41, 5.74) is 0. The molecule has 2 rings (SSSR count). The monoisotopic (exact) mass is 247 g/mol. The third-order valence-corrected chi connectivity index (χ3v) is 2.46. The first-order valence-corrected chi connectivity index (χ1v) is 4.97. The van der Waals surface area contributed by atoms with E-state index in [0.717, 1.165) is 4.85 Å². The minimum absolute atomic E-state index is 0.512. The molecule has 0 aromatic carbocycles. The average Bonchev–Trinajstić information content (AvgIpc) is 2.83. The zero-order valence-corrected chi connectivity index (χ0v) is 8.70. The van der Waals surface area contributed by atoms with Gasteiger partial charge in [0.25, 0.3) is 6.29 Å². The second kappa shape index (κ2) is 4.94. The third-order valence-electron chi connectivity index (χ3n) is 2.46. The fraction of sp³-hybridized carbons (Fsp3) is 0.750. The van der Waals surface area contributed by atoms with Crippen LogP contribution >= 0.6 is 0 Å². The van der Waals surface area contributed by atoms with E-state index in [0.29, 0.717) is 0 Å². The van der Waals surface area contributed by atoms with E-state index in [-0.39, 0.29) is 0 Å². The maximum atomic E-state index is 9.62. The highest BCUT2D eigenvalue weighted by Gasteiger charge is 2.45. The van der Waals surface area contributed by atoms with Crippen molar-refractivity contribution in [3.05, 3.63) is 12.4 Å². The second-order valence-electron chi connectivity index (χ2n) is 3.61. The molecule has 1 aliphatic heterocycles. The van der Waals surface area contributed by atoms with Crippen LogP contribution in [-0.4, -0.2) is 72.9 Å². The van der Waals surface area contributed by atoms with Gasteiger partial charge in [0.1, 0.15) is 24.4 Å². The van der Waals surface area contributed by atoms with Gasteiger partial charge in [-0.25, -0.2) is 0 Å². The molecule has 4 N–H and O–H groups in total. The topological polar surface area (TPSA) is 130 Å². The van der Waals surface area contributed by atoms with E-state index >= 15 is 0 Å². The summed E-state index contributed by atoms with van der Waals surface area (Å²) in [5.74, 6) is 0. The summed E-state index contributed by atoms with van der Waals surface area (Å²) in [6.07, 6.45) is -3.91. The van der Waals surface area contributed by atoms with E-state index in [9.17, 15) is 15.3 Å². The standard InChI is InChI=1S/C8H13N3O6/c12-3-4-5(13)6(14)7(15)8(16-4)17-11-2-1-9-10-11/h1-2,4-8,12-15H,3H2/t4-,5+,6+,7-,8?/m1/s1. The summed E-state index contributed by atoms with van der Waals surface area (Å²) in [4.78, 5) is 5.98. The highest BCUT2D eigenvalue weighted by atomic mass is 16.8. The number of hydrogen-bond donors (Lipinski definition) is 4. The van der Waals surface area contributed by atoms with Gasteiger partial charge in [-0.15, -0.1) is 5.10 Å². The molecule has 17 heavy (non-hydrogen) atoms. The minimum atomic E-state index is -1.48. The third kappa shape index (κ3) is 2.37. The lowest BCUT2D eigenvalue weighted by Crippen LogP contribution is -2.61. The Morgan fingerprint density at radius 3 is 2.59 bits per heavy atom. The summed E-state index contributed by atoms with van der Waals surface area (Å²) in [7, 11) is 0. The van der Waals surface area contributed by atoms with Crippen LogP contribution in [0.25, 0.3) is 0 Å². The number of aromatic nitrogens is 3. The molecule has 0 aliphatic carbocycles. The lowest BCUT2D eigenvalue weighted by molar-refractivity contribution is -0.303. The maximum Gasteiger partial charge on any atom is 0.256 e. The van der Waals surface area contributed by atoms with Gasteiger partial charge in [0, 0.05) is 0 Å². The van der Waals surface area contributed by atoms with Crippen molar-refractivity contribution in [1.82, 2.24) is 15.2 Å². The van der Waals surface area contributed by atoms with Crippen molar-refractivity contribution in [3.63, 3.8) is 0 Å². The quantitative estimate of drug-likeness (QED) is 0.433. The molecular weight excluding hydrogens is 234 g/mol. The van der Waals surface area contributed by atoms with Gasteiger partial charge in [-0.1, -0.05) is 4.85 Å². The van der Waals surface area contributed by atoms with Gasteiger partial charge in [-0.3, -0.25) is 0 Å². The Labute approximate surface area is 95.8 Å². The van der Waals surface area contributed by atoms with Gasteiger partial charge in [0.05, 0.1) is 19.0 Å². The molecule has 9 heteroatoms. The van der Waals surface area contributed by atoms with Gasteiger partial charge < -0.3 is 30.0 Å². The highest BCUT2D eigenvalue weighted by molar-refractivity contribution is 4.88. The van der Waals surface area contributed by atoms with Crippen molar-refractivity contribution in [3.8, 4) is 0 Å². The molecular formula is C8H13N3O6. The number of rotatable bonds is 3. The van der Waals surface area contributed by atoms with Crippen LogP contribution < -0.4 is 4.84 Å². The van der Waals surface area contributed by atoms with Gasteiger partial charge >= 0.3 is 0 Å². The molecule has 1 aromatic rings. The summed E-state index contributed by atoms with van der Waals surface area (Å²) in [6.45, 7) is -0.512. The van der Waals surface area contributed by atoms with E-state index in [1.54, 1.807) is 0 Å². The van der Waals surface area contributed by atoms with Crippen molar-refractivity contribution in [2.24, 2.45) is 0 Å². The summed E-state index contributed by atoms with van der Waals surface area (Å²) < 4.78 is 5.08. The van der Waals surface area contributed by atoms with Crippen molar-refractivity contribution < 1.29 is 30.0 Å². The Kier molecular flexibility index (Phi) is 3.54. The molecule has 2 heterocycles. The number of hydrogen-bond acceptors (Lipinski definition) is 8. The van der Waals surface area contributed by atoms with Gasteiger partial charge in [-0.2, -0.15) is 0 Å². The van der Waals surface area contributed by atoms with Crippen molar-refractivity contribution >= 4 is 0 Å². The Morgan fingerprint density at radius 1 is 1.24 bits per heavy atom. The molecule has 0 bridgehead atoms. The second-order valence-corrected chi connectivity index (χ2v) is 3.61. The molecule has 0 saturated carbocycles. The predicted octanol–water partition coefficient (Wildman–Crippen LogP) is -3.49. The van der Waals surface area contributed by atoms with E-state index in [1.165, 1.54) is 12.4 Å². The van der Waals surface area contributed by atoms with E-state index in [4.69, 9.17) is 14.7 Å². The first-order chi connectivity index (χ1) is 8.13. The Morgan fingerprint density at radius 2 is 2.00 bits per heavy atom. The van der Waals surface area contributed by atoms with Crippen LogP contribution in [0.2, 0.25) is 0 Å². The van der Waals surface area contributed by atoms with E-state index in [1.807, 2.05) is 0 Å². The smallest absolute Gasteiger partial charge is 0.256 e. The SMILES string of the molecule is OC[C@H]1OC(On2ccnn2)[C@H](O)[C@@H](O)[C@H]1O. The Hall–Kier alpha value is -1.26. The fourth-order valence-corrected chi connectivity index (χ4v) is 1.51. The van der Waals surface area contributed by atoms with Crippen LogP contribution in [0.3, 0.4) is 0 Å². The Bertz CT molecular complexity index is 345. The first kappa shape index (κ1) is 12.2. The van der Waals surface area contributed by atoms with E-state index in [2.05, 4.69) is 10.3 Å². The first-order valence-electron chi connectivity index (χ1n) is 4.97. The maximum absolute atomic E-state index is 9.62. The molecule has 0 radical (unpaired) electrons. The molecule has 9 nitrogen and oxygen atoms in total. The summed E-state index contributed by atoms with van der Waals surface area (Å²) >= 11 is 0. The number of aliphatic hydroxyl groups is 4. The van der Waals surface area contributed by atoms with Crippen LogP contribution in [-0.2, 0) is 4.74 Å². The molecule has 5 atom stereocenters. The zero-order valence-electron chi connectivity index (χ0n) is 8.70. The number of aliphatic hydroxyl groups excluding tert-OH is 4. The van der Waals surface area contributed by atoms with Gasteiger partial charge in [0.2, 0.25) is 0 Å². The molecule has 1 unspecified atom stereocenters. The van der Waals surface area contributed by atoms with Crippen molar-refractivity contribution in [1.29, 1.82) is 0 Å². The molecule has 1 fully saturated rings. The van der Waals surface area contributed by atoms with Crippen molar-refractivity contribution in [2.75, 3.05) is 6.61 Å². The fourth-order valence-electron chi connectivity index (χ4n) is 1.51. The molecule has 0 spiro atoms. The Balaban J connectivity index is 2.06. The highest BCUT2D eigenvalue weighted by Crippen LogP contribution is 2.20. The molecule has 1 saturated heterocycles. The van der Waals surface area contributed by atoms with E-state index < -0.39 is 37.3 Å². The van der Waals surface area contributed by atoms with Crippen LogP contribution in [0, 0.1) is 0 Å². The minimum Gasteiger partial charge on any atom is -0.394 e. The molecule has 1 aliphatic rings. The molecule has 1 aromatic heterocycles. The van der Waals surface area contributed by atoms with Gasteiger partial charge in [0.15, 0.2) is 0 Å².